The molecule has 0 radical (unpaired) electrons. The first-order valence-corrected chi connectivity index (χ1v) is 7.75. The predicted molar refractivity (Wildman–Crippen MR) is 81.1 cm³/mol. The minimum atomic E-state index is -0.131. The molecule has 1 rings (SSSR count). The number of hydrogen-bond donors (Lipinski definition) is 2. The number of nitrogens with one attached hydrogen (secondary N) is 1. The van der Waals surface area contributed by atoms with Crippen LogP contribution in [0.4, 0.5) is 0 Å². The predicted octanol–water partition coefficient (Wildman–Crippen LogP) is 2.98. The number of aliphatic hydroxyl groups is 1. The summed E-state index contributed by atoms with van der Waals surface area (Å²) in [5.41, 5.74) is 2.64. The lowest BCUT2D eigenvalue weighted by molar-refractivity contribution is 0.173. The Morgan fingerprint density at radius 1 is 1.33 bits per heavy atom. The molecule has 1 aromatic carbocycles. The highest BCUT2D eigenvalue weighted by atomic mass is 32.2. The van der Waals surface area contributed by atoms with Crippen molar-refractivity contribution in [3.05, 3.63) is 35.4 Å². The first-order chi connectivity index (χ1) is 8.61. The molecule has 0 saturated carbocycles. The van der Waals surface area contributed by atoms with Crippen molar-refractivity contribution in [1.82, 2.24) is 5.32 Å². The van der Waals surface area contributed by atoms with Gasteiger partial charge in [0.15, 0.2) is 0 Å². The molecule has 0 fully saturated rings. The fraction of sp³-hybridized carbons (Fsp3) is 0.600. The summed E-state index contributed by atoms with van der Waals surface area (Å²) in [6, 6.07) is 8.53. The zero-order chi connectivity index (χ0) is 13.4. The Kier molecular flexibility index (Phi) is 6.76. The van der Waals surface area contributed by atoms with Gasteiger partial charge < -0.3 is 10.4 Å². The van der Waals surface area contributed by atoms with Gasteiger partial charge in [0, 0.05) is 11.3 Å². The van der Waals surface area contributed by atoms with E-state index < -0.39 is 0 Å². The van der Waals surface area contributed by atoms with E-state index in [1.807, 2.05) is 11.8 Å². The smallest absolute Gasteiger partial charge is 0.0610 e. The van der Waals surface area contributed by atoms with E-state index in [-0.39, 0.29) is 12.1 Å². The van der Waals surface area contributed by atoms with Crippen molar-refractivity contribution >= 4 is 11.8 Å². The second kappa shape index (κ2) is 7.82. The third kappa shape index (κ3) is 5.01. The van der Waals surface area contributed by atoms with E-state index in [0.29, 0.717) is 0 Å². The quantitative estimate of drug-likeness (QED) is 0.710. The Labute approximate surface area is 115 Å². The molecule has 0 saturated heterocycles. The highest BCUT2D eigenvalue weighted by Crippen LogP contribution is 2.19. The van der Waals surface area contributed by atoms with Crippen LogP contribution in [0.15, 0.2) is 24.3 Å². The van der Waals surface area contributed by atoms with Crippen molar-refractivity contribution in [2.45, 2.75) is 38.5 Å². The van der Waals surface area contributed by atoms with Crippen molar-refractivity contribution in [2.24, 2.45) is 0 Å². The third-order valence-electron chi connectivity index (χ3n) is 3.27. The minimum absolute atomic E-state index is 0.131. The SMILES string of the molecule is CCNC(C)(CO)CCSCc1ccccc1C. The first kappa shape index (κ1) is 15.5. The Morgan fingerprint density at radius 2 is 2.06 bits per heavy atom. The van der Waals surface area contributed by atoms with Crippen LogP contribution >= 0.6 is 11.8 Å². The van der Waals surface area contributed by atoms with Crippen LogP contribution in [0.5, 0.6) is 0 Å². The Hall–Kier alpha value is -0.510. The topological polar surface area (TPSA) is 32.3 Å². The molecule has 0 amide bonds. The van der Waals surface area contributed by atoms with Crippen LogP contribution in [-0.2, 0) is 5.75 Å². The van der Waals surface area contributed by atoms with Gasteiger partial charge in [0.2, 0.25) is 0 Å². The van der Waals surface area contributed by atoms with Gasteiger partial charge in [0.05, 0.1) is 6.61 Å². The molecule has 1 atom stereocenters. The maximum Gasteiger partial charge on any atom is 0.0610 e. The Balaban J connectivity index is 2.32. The lowest BCUT2D eigenvalue weighted by atomic mass is 10.0. The molecule has 1 aromatic rings. The van der Waals surface area contributed by atoms with E-state index in [1.54, 1.807) is 0 Å². The lowest BCUT2D eigenvalue weighted by Gasteiger charge is -2.28. The molecule has 1 unspecified atom stereocenters. The lowest BCUT2D eigenvalue weighted by Crippen LogP contribution is -2.46. The maximum atomic E-state index is 9.41. The van der Waals surface area contributed by atoms with Crippen LogP contribution in [0.25, 0.3) is 0 Å². The number of rotatable bonds is 8. The van der Waals surface area contributed by atoms with E-state index in [2.05, 4.69) is 50.4 Å². The van der Waals surface area contributed by atoms with Crippen LogP contribution in [0.3, 0.4) is 0 Å². The summed E-state index contributed by atoms with van der Waals surface area (Å²) in [6.07, 6.45) is 0.994. The minimum Gasteiger partial charge on any atom is -0.394 e. The molecule has 2 N–H and O–H groups in total. The van der Waals surface area contributed by atoms with Gasteiger partial charge in [-0.25, -0.2) is 0 Å². The van der Waals surface area contributed by atoms with E-state index in [4.69, 9.17) is 0 Å². The summed E-state index contributed by atoms with van der Waals surface area (Å²) in [5, 5.41) is 12.8. The molecule has 18 heavy (non-hydrogen) atoms. The molecule has 3 heteroatoms. The molecule has 0 aliphatic heterocycles. The molecule has 0 aliphatic carbocycles. The molecule has 0 aromatic heterocycles. The van der Waals surface area contributed by atoms with Gasteiger partial charge in [-0.05, 0) is 43.7 Å². The van der Waals surface area contributed by atoms with Crippen LogP contribution < -0.4 is 5.32 Å². The van der Waals surface area contributed by atoms with Gasteiger partial charge >= 0.3 is 0 Å². The summed E-state index contributed by atoms with van der Waals surface area (Å²) >= 11 is 1.94. The number of benzene rings is 1. The summed E-state index contributed by atoms with van der Waals surface area (Å²) in [6.45, 7) is 7.43. The number of likely N-dealkylation sites (N-methyl/N-ethyl adjacent to an activating group) is 1. The molecule has 2 nitrogen and oxygen atoms in total. The van der Waals surface area contributed by atoms with Gasteiger partial charge in [0.1, 0.15) is 0 Å². The van der Waals surface area contributed by atoms with E-state index in [9.17, 15) is 5.11 Å². The fourth-order valence-corrected chi connectivity index (χ4v) is 3.18. The molecule has 102 valence electrons. The molecule has 0 bridgehead atoms. The van der Waals surface area contributed by atoms with Crippen molar-refractivity contribution in [3.8, 4) is 0 Å². The van der Waals surface area contributed by atoms with Crippen LogP contribution in [-0.4, -0.2) is 29.5 Å². The van der Waals surface area contributed by atoms with Crippen LogP contribution in [0.1, 0.15) is 31.4 Å². The monoisotopic (exact) mass is 267 g/mol. The largest absolute Gasteiger partial charge is 0.394 e. The highest BCUT2D eigenvalue weighted by Gasteiger charge is 2.20. The molecule has 0 spiro atoms. The fourth-order valence-electron chi connectivity index (χ4n) is 1.90. The molecular weight excluding hydrogens is 242 g/mol. The molecular formula is C15H25NOS. The van der Waals surface area contributed by atoms with Crippen LogP contribution in [0, 0.1) is 6.92 Å². The molecule has 0 aliphatic rings. The zero-order valence-corrected chi connectivity index (χ0v) is 12.5. The van der Waals surface area contributed by atoms with Gasteiger partial charge in [-0.3, -0.25) is 0 Å². The number of hydrogen-bond acceptors (Lipinski definition) is 3. The summed E-state index contributed by atoms with van der Waals surface area (Å²) in [4.78, 5) is 0. The third-order valence-corrected chi connectivity index (χ3v) is 4.28. The standard InChI is InChI=1S/C15H25NOS/c1-4-16-15(3,12-17)9-10-18-11-14-8-6-5-7-13(14)2/h5-8,16-17H,4,9-12H2,1-3H3. The van der Waals surface area contributed by atoms with Gasteiger partial charge in [-0.2, -0.15) is 11.8 Å². The van der Waals surface area contributed by atoms with Gasteiger partial charge in [0.25, 0.3) is 0 Å². The van der Waals surface area contributed by atoms with E-state index in [0.717, 1.165) is 24.5 Å². The molecule has 0 heterocycles. The van der Waals surface area contributed by atoms with Crippen molar-refractivity contribution in [3.63, 3.8) is 0 Å². The first-order valence-electron chi connectivity index (χ1n) is 6.59. The van der Waals surface area contributed by atoms with Crippen molar-refractivity contribution in [1.29, 1.82) is 0 Å². The average molecular weight is 267 g/mol. The van der Waals surface area contributed by atoms with Gasteiger partial charge in [-0.15, -0.1) is 0 Å². The normalized spacial score (nSPS) is 14.4. The zero-order valence-electron chi connectivity index (χ0n) is 11.7. The van der Waals surface area contributed by atoms with Crippen molar-refractivity contribution < 1.29 is 5.11 Å². The Morgan fingerprint density at radius 3 is 2.67 bits per heavy atom. The maximum absolute atomic E-state index is 9.41. The van der Waals surface area contributed by atoms with Crippen LogP contribution in [0.2, 0.25) is 0 Å². The summed E-state index contributed by atoms with van der Waals surface area (Å²) in [5.74, 6) is 2.12. The average Bonchev–Trinajstić information content (AvgIpc) is 2.37. The van der Waals surface area contributed by atoms with Crippen molar-refractivity contribution in [2.75, 3.05) is 18.9 Å². The Bertz CT molecular complexity index is 356. The summed E-state index contributed by atoms with van der Waals surface area (Å²) < 4.78 is 0. The van der Waals surface area contributed by atoms with Gasteiger partial charge in [-0.1, -0.05) is 31.2 Å². The summed E-state index contributed by atoms with van der Waals surface area (Å²) in [7, 11) is 0. The second-order valence-corrected chi connectivity index (χ2v) is 6.08. The number of thioether (sulfide) groups is 1. The number of aliphatic hydroxyl groups excluding tert-OH is 1. The second-order valence-electron chi connectivity index (χ2n) is 4.98. The number of aryl methyl sites for hydroxylation is 1. The van der Waals surface area contributed by atoms with E-state index in [1.165, 1.54) is 11.1 Å². The van der Waals surface area contributed by atoms with E-state index >= 15 is 0 Å². The highest BCUT2D eigenvalue weighted by molar-refractivity contribution is 7.98.